The minimum Gasteiger partial charge on any atom is -0.480 e. The molecular formula is C27H34N4O2. The van der Waals surface area contributed by atoms with Crippen molar-refractivity contribution in [3.8, 4) is 0 Å². The molecule has 13 N–H and O–H groups in total. The fraction of sp³-hybridized carbons (Fsp3) is 0.0741. The lowest BCUT2D eigenvalue weighted by molar-refractivity contribution is -0.142. The van der Waals surface area contributed by atoms with E-state index in [4.69, 9.17) is 0 Å². The number of carboxylic acid groups (broad SMARTS) is 1. The lowest BCUT2D eigenvalue weighted by Gasteiger charge is -2.39. The summed E-state index contributed by atoms with van der Waals surface area (Å²) >= 11 is 0. The van der Waals surface area contributed by atoms with Gasteiger partial charge in [-0.25, -0.2) is 0 Å². The zero-order chi connectivity index (χ0) is 20.1. The molecule has 0 atom stereocenters. The SMILES string of the molecule is N.N.N.N.O=C(O)C(c1ccccc1)(c1ccccc1)C(c1ccccc1)c1ccccc1. The van der Waals surface area contributed by atoms with Crippen LogP contribution in [0.2, 0.25) is 0 Å². The average molecular weight is 447 g/mol. The van der Waals surface area contributed by atoms with Gasteiger partial charge in [0.1, 0.15) is 5.41 Å². The molecule has 0 aliphatic heterocycles. The van der Waals surface area contributed by atoms with Crippen LogP contribution in [-0.2, 0) is 10.2 Å². The molecule has 4 aromatic carbocycles. The van der Waals surface area contributed by atoms with Crippen molar-refractivity contribution in [1.29, 1.82) is 0 Å². The van der Waals surface area contributed by atoms with Crippen molar-refractivity contribution in [2.75, 3.05) is 0 Å². The van der Waals surface area contributed by atoms with Crippen molar-refractivity contribution in [1.82, 2.24) is 24.6 Å². The molecule has 0 amide bonds. The molecule has 0 aliphatic rings. The summed E-state index contributed by atoms with van der Waals surface area (Å²) in [6, 6.07) is 39.0. The van der Waals surface area contributed by atoms with E-state index in [2.05, 4.69) is 0 Å². The molecule has 0 saturated heterocycles. The Hall–Kier alpha value is -3.81. The Morgan fingerprint density at radius 2 is 0.788 bits per heavy atom. The summed E-state index contributed by atoms with van der Waals surface area (Å²) in [6.07, 6.45) is 0. The monoisotopic (exact) mass is 446 g/mol. The number of aliphatic carboxylic acids is 1. The molecule has 6 nitrogen and oxygen atoms in total. The van der Waals surface area contributed by atoms with E-state index in [9.17, 15) is 9.90 Å². The van der Waals surface area contributed by atoms with Gasteiger partial charge in [-0.15, -0.1) is 0 Å². The highest BCUT2D eigenvalue weighted by atomic mass is 16.4. The Morgan fingerprint density at radius 3 is 1.06 bits per heavy atom. The molecular weight excluding hydrogens is 412 g/mol. The average Bonchev–Trinajstić information content (AvgIpc) is 2.79. The highest BCUT2D eigenvalue weighted by molar-refractivity contribution is 5.88. The molecule has 0 heterocycles. The molecule has 0 radical (unpaired) electrons. The molecule has 0 unspecified atom stereocenters. The first-order chi connectivity index (χ1) is 14.2. The van der Waals surface area contributed by atoms with E-state index in [1.165, 1.54) is 0 Å². The molecule has 0 aliphatic carbocycles. The molecule has 6 heteroatoms. The van der Waals surface area contributed by atoms with E-state index in [0.29, 0.717) is 0 Å². The largest absolute Gasteiger partial charge is 0.480 e. The van der Waals surface area contributed by atoms with Crippen molar-refractivity contribution < 1.29 is 9.90 Å². The molecule has 0 bridgehead atoms. The topological polar surface area (TPSA) is 177 Å². The zero-order valence-electron chi connectivity index (χ0n) is 18.8. The maximum absolute atomic E-state index is 13.2. The Kier molecular flexibility index (Phi) is 11.4. The molecule has 174 valence electrons. The van der Waals surface area contributed by atoms with Crippen molar-refractivity contribution in [2.24, 2.45) is 0 Å². The molecule has 0 fully saturated rings. The number of hydrogen-bond acceptors (Lipinski definition) is 5. The fourth-order valence-electron chi connectivity index (χ4n) is 4.26. The van der Waals surface area contributed by atoms with Gasteiger partial charge in [-0.1, -0.05) is 121 Å². The third-order valence-electron chi connectivity index (χ3n) is 5.49. The van der Waals surface area contributed by atoms with Crippen LogP contribution in [0.3, 0.4) is 0 Å². The van der Waals surface area contributed by atoms with E-state index in [1.54, 1.807) is 0 Å². The molecule has 0 saturated carbocycles. The number of rotatable bonds is 6. The maximum Gasteiger partial charge on any atom is 0.319 e. The van der Waals surface area contributed by atoms with Crippen molar-refractivity contribution in [2.45, 2.75) is 11.3 Å². The summed E-state index contributed by atoms with van der Waals surface area (Å²) < 4.78 is 0. The van der Waals surface area contributed by atoms with E-state index < -0.39 is 17.3 Å². The zero-order valence-corrected chi connectivity index (χ0v) is 18.8. The van der Waals surface area contributed by atoms with Gasteiger partial charge in [0.2, 0.25) is 0 Å². The van der Waals surface area contributed by atoms with Crippen LogP contribution >= 0.6 is 0 Å². The van der Waals surface area contributed by atoms with Crippen LogP contribution < -0.4 is 24.6 Å². The van der Waals surface area contributed by atoms with Crippen LogP contribution in [0.5, 0.6) is 0 Å². The lowest BCUT2D eigenvalue weighted by atomic mass is 9.61. The van der Waals surface area contributed by atoms with Gasteiger partial charge in [0.05, 0.1) is 0 Å². The van der Waals surface area contributed by atoms with E-state index in [0.717, 1.165) is 22.3 Å². The first-order valence-corrected chi connectivity index (χ1v) is 9.69. The van der Waals surface area contributed by atoms with Gasteiger partial charge in [-0.3, -0.25) is 4.79 Å². The fourth-order valence-corrected chi connectivity index (χ4v) is 4.26. The van der Waals surface area contributed by atoms with E-state index in [-0.39, 0.29) is 24.6 Å². The second-order valence-corrected chi connectivity index (χ2v) is 7.10. The van der Waals surface area contributed by atoms with Gasteiger partial charge in [0.15, 0.2) is 0 Å². The number of benzene rings is 4. The number of hydrogen-bond donors (Lipinski definition) is 5. The van der Waals surface area contributed by atoms with Crippen LogP contribution in [0.1, 0.15) is 28.2 Å². The van der Waals surface area contributed by atoms with E-state index in [1.807, 2.05) is 121 Å². The number of carboxylic acids is 1. The summed E-state index contributed by atoms with van der Waals surface area (Å²) in [5, 5.41) is 10.8. The first kappa shape index (κ1) is 29.2. The Balaban J connectivity index is 0.00000256. The second-order valence-electron chi connectivity index (χ2n) is 7.10. The second kappa shape index (κ2) is 12.9. The van der Waals surface area contributed by atoms with Gasteiger partial charge in [-0.2, -0.15) is 0 Å². The van der Waals surface area contributed by atoms with Crippen LogP contribution in [-0.4, -0.2) is 11.1 Å². The highest BCUT2D eigenvalue weighted by Gasteiger charge is 2.50. The van der Waals surface area contributed by atoms with Gasteiger partial charge in [0.25, 0.3) is 0 Å². The van der Waals surface area contributed by atoms with Gasteiger partial charge >= 0.3 is 5.97 Å². The third-order valence-corrected chi connectivity index (χ3v) is 5.49. The van der Waals surface area contributed by atoms with Gasteiger partial charge in [-0.05, 0) is 22.3 Å². The summed E-state index contributed by atoms with van der Waals surface area (Å²) in [6.45, 7) is 0. The molecule has 4 rings (SSSR count). The van der Waals surface area contributed by atoms with Crippen molar-refractivity contribution in [3.63, 3.8) is 0 Å². The van der Waals surface area contributed by atoms with Crippen molar-refractivity contribution >= 4 is 5.97 Å². The minimum atomic E-state index is -1.27. The van der Waals surface area contributed by atoms with Crippen LogP contribution in [0.15, 0.2) is 121 Å². The Morgan fingerprint density at radius 1 is 0.515 bits per heavy atom. The van der Waals surface area contributed by atoms with Crippen LogP contribution in [0.25, 0.3) is 0 Å². The quantitative estimate of drug-likeness (QED) is 0.224. The Bertz CT molecular complexity index is 997. The summed E-state index contributed by atoms with van der Waals surface area (Å²) in [5.74, 6) is -1.26. The standard InChI is InChI=1S/C27H22O2.4H3N/c28-26(29)27(23-17-9-3-10-18-23,24-19-11-4-12-20-24)25(21-13-5-1-6-14-21)22-15-7-2-8-16-22;;;;/h1-20,25H,(H,28,29);4*1H3. The predicted molar refractivity (Wildman–Crippen MR) is 136 cm³/mol. The predicted octanol–water partition coefficient (Wildman–Crippen LogP) is 6.54. The minimum absolute atomic E-state index is 0. The van der Waals surface area contributed by atoms with Crippen LogP contribution in [0, 0.1) is 0 Å². The summed E-state index contributed by atoms with van der Waals surface area (Å²) in [7, 11) is 0. The number of carbonyl (C=O) groups is 1. The van der Waals surface area contributed by atoms with Gasteiger partial charge in [0, 0.05) is 5.92 Å². The van der Waals surface area contributed by atoms with Crippen LogP contribution in [0.4, 0.5) is 0 Å². The Labute approximate surface area is 195 Å². The third kappa shape index (κ3) is 5.34. The summed E-state index contributed by atoms with van der Waals surface area (Å²) in [4.78, 5) is 13.2. The van der Waals surface area contributed by atoms with E-state index >= 15 is 0 Å². The lowest BCUT2D eigenvalue weighted by Crippen LogP contribution is -2.43. The first-order valence-electron chi connectivity index (χ1n) is 9.69. The summed E-state index contributed by atoms with van der Waals surface area (Å²) in [5.41, 5.74) is 2.18. The van der Waals surface area contributed by atoms with Gasteiger partial charge < -0.3 is 29.7 Å². The molecule has 4 aromatic rings. The van der Waals surface area contributed by atoms with Crippen molar-refractivity contribution in [3.05, 3.63) is 144 Å². The normalized spacial score (nSPS) is 9.97. The molecule has 33 heavy (non-hydrogen) atoms. The smallest absolute Gasteiger partial charge is 0.319 e. The highest BCUT2D eigenvalue weighted by Crippen LogP contribution is 2.48. The molecule has 0 aromatic heterocycles. The molecule has 0 spiro atoms. The maximum atomic E-state index is 13.2.